The predicted molar refractivity (Wildman–Crippen MR) is 79.6 cm³/mol. The van der Waals surface area contributed by atoms with Crippen LogP contribution >= 0.6 is 11.3 Å². The molecule has 1 aromatic carbocycles. The van der Waals surface area contributed by atoms with Gasteiger partial charge < -0.3 is 10.1 Å². The number of hydrogen-bond acceptors (Lipinski definition) is 4. The number of nitrogens with one attached hydrogen (secondary N) is 1. The fourth-order valence-corrected chi connectivity index (χ4v) is 3.85. The average Bonchev–Trinajstić information content (AvgIpc) is 3.03. The van der Waals surface area contributed by atoms with Crippen molar-refractivity contribution in [3.05, 3.63) is 29.3 Å². The van der Waals surface area contributed by atoms with Crippen LogP contribution in [0.3, 0.4) is 0 Å². The van der Waals surface area contributed by atoms with Crippen molar-refractivity contribution in [2.45, 2.75) is 44.4 Å². The number of para-hydroxylation sites is 1. The summed E-state index contributed by atoms with van der Waals surface area (Å²) < 4.78 is 6.80. The minimum absolute atomic E-state index is 0.290. The Kier molecular flexibility index (Phi) is 3.82. The van der Waals surface area contributed by atoms with Crippen molar-refractivity contribution in [1.29, 1.82) is 0 Å². The number of thiazole rings is 1. The molecule has 102 valence electrons. The lowest BCUT2D eigenvalue weighted by Gasteiger charge is -2.23. The lowest BCUT2D eigenvalue weighted by molar-refractivity contribution is 0.0820. The lowest BCUT2D eigenvalue weighted by atomic mass is 10.2. The van der Waals surface area contributed by atoms with E-state index in [0.717, 1.165) is 5.52 Å². The molecule has 0 saturated heterocycles. The van der Waals surface area contributed by atoms with Gasteiger partial charge in [0.2, 0.25) is 0 Å². The third-order valence-electron chi connectivity index (χ3n) is 3.90. The zero-order valence-corrected chi connectivity index (χ0v) is 12.2. The number of fused-ring (bicyclic) bond motifs is 1. The summed E-state index contributed by atoms with van der Waals surface area (Å²) in [5.74, 6) is 0. The van der Waals surface area contributed by atoms with Gasteiger partial charge in [-0.2, -0.15) is 0 Å². The molecule has 19 heavy (non-hydrogen) atoms. The fraction of sp³-hybridized carbons (Fsp3) is 0.533. The van der Waals surface area contributed by atoms with Crippen LogP contribution in [0.5, 0.6) is 0 Å². The minimum atomic E-state index is 0.290. The standard InChI is InChI=1S/C15H20N2OS/c1-10(16-11-7-5-8-13(11)18-2)15-17-12-6-3-4-9-14(12)19-15/h3-4,6,9-11,13,16H,5,7-8H2,1-2H3. The molecule has 1 saturated carbocycles. The van der Waals surface area contributed by atoms with E-state index in [9.17, 15) is 0 Å². The van der Waals surface area contributed by atoms with E-state index in [1.165, 1.54) is 29.0 Å². The lowest BCUT2D eigenvalue weighted by Crippen LogP contribution is -2.38. The van der Waals surface area contributed by atoms with Crippen molar-refractivity contribution >= 4 is 21.6 Å². The molecular weight excluding hydrogens is 256 g/mol. The van der Waals surface area contributed by atoms with Crippen LogP contribution in [0.15, 0.2) is 24.3 Å². The summed E-state index contributed by atoms with van der Waals surface area (Å²) >= 11 is 1.78. The van der Waals surface area contributed by atoms with Crippen LogP contribution in [0.2, 0.25) is 0 Å². The van der Waals surface area contributed by atoms with E-state index < -0.39 is 0 Å². The van der Waals surface area contributed by atoms with Gasteiger partial charge in [0.05, 0.1) is 22.4 Å². The first-order valence-corrected chi connectivity index (χ1v) is 7.74. The number of hydrogen-bond donors (Lipinski definition) is 1. The molecule has 3 unspecified atom stereocenters. The second kappa shape index (κ2) is 5.57. The van der Waals surface area contributed by atoms with Crippen LogP contribution in [-0.4, -0.2) is 24.2 Å². The fourth-order valence-electron chi connectivity index (χ4n) is 2.87. The van der Waals surface area contributed by atoms with Crippen LogP contribution in [0.25, 0.3) is 10.2 Å². The number of methoxy groups -OCH3 is 1. The maximum Gasteiger partial charge on any atom is 0.111 e. The van der Waals surface area contributed by atoms with E-state index in [0.29, 0.717) is 12.1 Å². The Balaban J connectivity index is 1.74. The molecule has 3 nitrogen and oxygen atoms in total. The molecule has 0 radical (unpaired) electrons. The Morgan fingerprint density at radius 3 is 3.00 bits per heavy atom. The van der Waals surface area contributed by atoms with Gasteiger partial charge in [-0.05, 0) is 38.3 Å². The maximum absolute atomic E-state index is 5.54. The Bertz CT molecular complexity index is 521. The van der Waals surface area contributed by atoms with Gasteiger partial charge in [-0.25, -0.2) is 4.98 Å². The van der Waals surface area contributed by atoms with Crippen LogP contribution in [0.4, 0.5) is 0 Å². The molecule has 0 bridgehead atoms. The molecule has 1 aliphatic rings. The highest BCUT2D eigenvalue weighted by Crippen LogP contribution is 2.29. The normalized spacial score (nSPS) is 24.9. The molecule has 2 aromatic rings. The number of nitrogens with zero attached hydrogens (tertiary/aromatic N) is 1. The molecule has 0 amide bonds. The molecule has 3 atom stereocenters. The van der Waals surface area contributed by atoms with E-state index >= 15 is 0 Å². The highest BCUT2D eigenvalue weighted by atomic mass is 32.1. The van der Waals surface area contributed by atoms with Crippen LogP contribution < -0.4 is 5.32 Å². The summed E-state index contributed by atoms with van der Waals surface area (Å²) in [5, 5.41) is 4.85. The second-order valence-electron chi connectivity index (χ2n) is 5.22. The SMILES string of the molecule is COC1CCCC1NC(C)c1nc2ccccc2s1. The number of ether oxygens (including phenoxy) is 1. The van der Waals surface area contributed by atoms with Crippen molar-refractivity contribution in [2.24, 2.45) is 0 Å². The van der Waals surface area contributed by atoms with E-state index in [1.54, 1.807) is 11.3 Å². The van der Waals surface area contributed by atoms with Crippen molar-refractivity contribution < 1.29 is 4.74 Å². The summed E-state index contributed by atoms with van der Waals surface area (Å²) in [5.41, 5.74) is 1.10. The Morgan fingerprint density at radius 1 is 1.37 bits per heavy atom. The Hall–Kier alpha value is -0.970. The summed E-state index contributed by atoms with van der Waals surface area (Å²) in [6.07, 6.45) is 3.98. The summed E-state index contributed by atoms with van der Waals surface area (Å²) in [6.45, 7) is 2.20. The summed E-state index contributed by atoms with van der Waals surface area (Å²) in [6, 6.07) is 9.08. The Labute approximate surface area is 118 Å². The van der Waals surface area contributed by atoms with Gasteiger partial charge in [-0.1, -0.05) is 12.1 Å². The smallest absolute Gasteiger partial charge is 0.111 e. The third kappa shape index (κ3) is 2.66. The van der Waals surface area contributed by atoms with Gasteiger partial charge in [-0.3, -0.25) is 0 Å². The molecule has 4 heteroatoms. The minimum Gasteiger partial charge on any atom is -0.380 e. The molecule has 1 aromatic heterocycles. The van der Waals surface area contributed by atoms with Gasteiger partial charge >= 0.3 is 0 Å². The van der Waals surface area contributed by atoms with E-state index in [-0.39, 0.29) is 6.04 Å². The molecule has 1 aliphatic carbocycles. The number of aromatic nitrogens is 1. The second-order valence-corrected chi connectivity index (χ2v) is 6.28. The summed E-state index contributed by atoms with van der Waals surface area (Å²) in [4.78, 5) is 4.72. The monoisotopic (exact) mass is 276 g/mol. The van der Waals surface area contributed by atoms with Crippen molar-refractivity contribution in [3.63, 3.8) is 0 Å². The third-order valence-corrected chi connectivity index (χ3v) is 5.12. The first kappa shape index (κ1) is 13.0. The summed E-state index contributed by atoms with van der Waals surface area (Å²) in [7, 11) is 1.81. The van der Waals surface area contributed by atoms with Crippen LogP contribution in [-0.2, 0) is 4.74 Å². The Morgan fingerprint density at radius 2 is 2.21 bits per heavy atom. The molecule has 0 spiro atoms. The molecule has 1 N–H and O–H groups in total. The van der Waals surface area contributed by atoms with E-state index in [1.807, 2.05) is 13.2 Å². The van der Waals surface area contributed by atoms with Crippen molar-refractivity contribution in [2.75, 3.05) is 7.11 Å². The molecule has 1 heterocycles. The van der Waals surface area contributed by atoms with Gasteiger partial charge in [-0.15, -0.1) is 11.3 Å². The highest BCUT2D eigenvalue weighted by Gasteiger charge is 2.28. The average molecular weight is 276 g/mol. The predicted octanol–water partition coefficient (Wildman–Crippen LogP) is 3.51. The first-order valence-electron chi connectivity index (χ1n) is 6.92. The molecule has 0 aliphatic heterocycles. The topological polar surface area (TPSA) is 34.1 Å². The van der Waals surface area contributed by atoms with Crippen molar-refractivity contribution in [3.8, 4) is 0 Å². The quantitative estimate of drug-likeness (QED) is 0.928. The first-order chi connectivity index (χ1) is 9.28. The molecule has 1 fully saturated rings. The van der Waals surface area contributed by atoms with Crippen molar-refractivity contribution in [1.82, 2.24) is 10.3 Å². The zero-order chi connectivity index (χ0) is 13.2. The largest absolute Gasteiger partial charge is 0.380 e. The number of benzene rings is 1. The van der Waals surface area contributed by atoms with E-state index in [4.69, 9.17) is 9.72 Å². The van der Waals surface area contributed by atoms with Crippen LogP contribution in [0, 0.1) is 0 Å². The maximum atomic E-state index is 5.54. The van der Waals surface area contributed by atoms with Gasteiger partial charge in [0, 0.05) is 13.2 Å². The van der Waals surface area contributed by atoms with Gasteiger partial charge in [0.15, 0.2) is 0 Å². The molecular formula is C15H20N2OS. The van der Waals surface area contributed by atoms with E-state index in [2.05, 4.69) is 30.4 Å². The zero-order valence-electron chi connectivity index (χ0n) is 11.4. The van der Waals surface area contributed by atoms with Gasteiger partial charge in [0.25, 0.3) is 0 Å². The van der Waals surface area contributed by atoms with Crippen LogP contribution in [0.1, 0.15) is 37.2 Å². The van der Waals surface area contributed by atoms with Gasteiger partial charge in [0.1, 0.15) is 5.01 Å². The number of rotatable bonds is 4. The molecule has 3 rings (SSSR count). The highest BCUT2D eigenvalue weighted by molar-refractivity contribution is 7.18.